The molecular formula is C22H24O3. The van der Waals surface area contributed by atoms with Crippen molar-refractivity contribution in [2.45, 2.75) is 43.4 Å². The van der Waals surface area contributed by atoms with E-state index in [1.165, 1.54) is 17.5 Å². The first-order valence-corrected chi connectivity index (χ1v) is 9.10. The molecule has 3 nitrogen and oxygen atoms in total. The van der Waals surface area contributed by atoms with Crippen LogP contribution in [-0.2, 0) is 16.6 Å². The van der Waals surface area contributed by atoms with Gasteiger partial charge < -0.3 is 9.84 Å². The van der Waals surface area contributed by atoms with Crippen LogP contribution in [0, 0.1) is 5.92 Å². The van der Waals surface area contributed by atoms with Crippen molar-refractivity contribution in [1.82, 2.24) is 0 Å². The average Bonchev–Trinajstić information content (AvgIpc) is 3.42. The fourth-order valence-electron chi connectivity index (χ4n) is 4.21. The van der Waals surface area contributed by atoms with Crippen LogP contribution in [-0.4, -0.2) is 18.2 Å². The minimum Gasteiger partial charge on any atom is -0.496 e. The van der Waals surface area contributed by atoms with Crippen molar-refractivity contribution in [1.29, 1.82) is 0 Å². The largest absolute Gasteiger partial charge is 0.496 e. The number of rotatable bonds is 6. The molecule has 2 saturated carbocycles. The Morgan fingerprint density at radius 1 is 1.16 bits per heavy atom. The lowest BCUT2D eigenvalue weighted by atomic mass is 9.67. The molecule has 0 saturated heterocycles. The number of hydrogen-bond donors (Lipinski definition) is 1. The van der Waals surface area contributed by atoms with Gasteiger partial charge in [0.25, 0.3) is 0 Å². The topological polar surface area (TPSA) is 46.5 Å². The maximum atomic E-state index is 11.7. The molecule has 2 aliphatic carbocycles. The fraction of sp³-hybridized carbons (Fsp3) is 0.409. The van der Waals surface area contributed by atoms with Crippen molar-refractivity contribution in [3.63, 3.8) is 0 Å². The van der Waals surface area contributed by atoms with Gasteiger partial charge in [0.1, 0.15) is 5.75 Å². The smallest absolute Gasteiger partial charge is 0.314 e. The molecule has 0 aliphatic heterocycles. The monoisotopic (exact) mass is 336 g/mol. The molecule has 1 N–H and O–H groups in total. The molecule has 0 radical (unpaired) electrons. The van der Waals surface area contributed by atoms with E-state index in [1.807, 2.05) is 12.1 Å². The van der Waals surface area contributed by atoms with Gasteiger partial charge in [-0.15, -0.1) is 0 Å². The maximum absolute atomic E-state index is 11.7. The molecule has 0 amide bonds. The molecule has 25 heavy (non-hydrogen) atoms. The van der Waals surface area contributed by atoms with Gasteiger partial charge in [0.05, 0.1) is 12.5 Å². The van der Waals surface area contributed by atoms with Crippen molar-refractivity contribution >= 4 is 5.97 Å². The normalized spacial score (nSPS) is 23.6. The molecule has 2 aromatic rings. The van der Waals surface area contributed by atoms with Crippen LogP contribution >= 0.6 is 0 Å². The Hall–Kier alpha value is -2.29. The molecular weight excluding hydrogens is 312 g/mol. The molecule has 2 unspecified atom stereocenters. The van der Waals surface area contributed by atoms with E-state index in [4.69, 9.17) is 4.74 Å². The van der Waals surface area contributed by atoms with Crippen LogP contribution in [0.15, 0.2) is 48.5 Å². The zero-order chi connectivity index (χ0) is 17.4. The molecule has 2 aromatic carbocycles. The van der Waals surface area contributed by atoms with Crippen molar-refractivity contribution < 1.29 is 14.6 Å². The molecule has 2 atom stereocenters. The Bertz CT molecular complexity index is 777. The molecule has 0 heterocycles. The summed E-state index contributed by atoms with van der Waals surface area (Å²) in [6, 6.07) is 16.6. The van der Waals surface area contributed by atoms with E-state index in [0.717, 1.165) is 37.0 Å². The molecule has 2 aliphatic rings. The zero-order valence-corrected chi connectivity index (χ0v) is 14.6. The van der Waals surface area contributed by atoms with Gasteiger partial charge in [-0.05, 0) is 66.7 Å². The van der Waals surface area contributed by atoms with Gasteiger partial charge in [0, 0.05) is 0 Å². The van der Waals surface area contributed by atoms with E-state index in [9.17, 15) is 9.90 Å². The fourth-order valence-corrected chi connectivity index (χ4v) is 4.21. The summed E-state index contributed by atoms with van der Waals surface area (Å²) >= 11 is 0. The molecule has 3 heteroatoms. The highest BCUT2D eigenvalue weighted by molar-refractivity contribution is 5.85. The SMILES string of the molecule is COc1ccc(C2(C(=O)O)CC2)cc1C1CCC1Cc1ccccc1. The summed E-state index contributed by atoms with van der Waals surface area (Å²) in [7, 11) is 1.70. The number of hydrogen-bond acceptors (Lipinski definition) is 2. The Morgan fingerprint density at radius 3 is 2.48 bits per heavy atom. The summed E-state index contributed by atoms with van der Waals surface area (Å²) in [4.78, 5) is 11.7. The Morgan fingerprint density at radius 2 is 1.92 bits per heavy atom. The molecule has 4 rings (SSSR count). The van der Waals surface area contributed by atoms with E-state index < -0.39 is 11.4 Å². The Balaban J connectivity index is 1.61. The number of carbonyl (C=O) groups is 1. The second kappa shape index (κ2) is 6.21. The summed E-state index contributed by atoms with van der Waals surface area (Å²) < 4.78 is 5.60. The van der Waals surface area contributed by atoms with Gasteiger partial charge in [-0.3, -0.25) is 4.79 Å². The summed E-state index contributed by atoms with van der Waals surface area (Å²) in [6.45, 7) is 0. The van der Waals surface area contributed by atoms with E-state index in [1.54, 1.807) is 7.11 Å². The summed E-state index contributed by atoms with van der Waals surface area (Å²) in [5.74, 6) is 1.26. The summed E-state index contributed by atoms with van der Waals surface area (Å²) in [5.41, 5.74) is 2.86. The summed E-state index contributed by atoms with van der Waals surface area (Å²) in [5, 5.41) is 9.60. The lowest BCUT2D eigenvalue weighted by molar-refractivity contribution is -0.140. The maximum Gasteiger partial charge on any atom is 0.314 e. The third kappa shape index (κ3) is 2.82. The van der Waals surface area contributed by atoms with E-state index in [0.29, 0.717) is 11.8 Å². The third-order valence-corrected chi connectivity index (χ3v) is 6.10. The Kier molecular flexibility index (Phi) is 4.03. The predicted molar refractivity (Wildman–Crippen MR) is 97.2 cm³/mol. The van der Waals surface area contributed by atoms with E-state index in [2.05, 4.69) is 36.4 Å². The van der Waals surface area contributed by atoms with Crippen LogP contribution in [0.1, 0.15) is 48.3 Å². The third-order valence-electron chi connectivity index (χ3n) is 6.10. The van der Waals surface area contributed by atoms with Gasteiger partial charge in [-0.25, -0.2) is 0 Å². The van der Waals surface area contributed by atoms with Crippen molar-refractivity contribution in [3.05, 3.63) is 65.2 Å². The van der Waals surface area contributed by atoms with Crippen molar-refractivity contribution in [3.8, 4) is 5.75 Å². The van der Waals surface area contributed by atoms with Crippen molar-refractivity contribution in [2.24, 2.45) is 5.92 Å². The van der Waals surface area contributed by atoms with Gasteiger partial charge in [0.15, 0.2) is 0 Å². The lowest BCUT2D eigenvalue weighted by Crippen LogP contribution is -2.27. The van der Waals surface area contributed by atoms with E-state index >= 15 is 0 Å². The predicted octanol–water partition coefficient (Wildman–Crippen LogP) is 4.55. The minimum atomic E-state index is -0.696. The first-order chi connectivity index (χ1) is 12.1. The quantitative estimate of drug-likeness (QED) is 0.842. The number of carboxylic acid groups (broad SMARTS) is 1. The van der Waals surface area contributed by atoms with Gasteiger partial charge in [0.2, 0.25) is 0 Å². The summed E-state index contributed by atoms with van der Waals surface area (Å²) in [6.07, 6.45) is 4.93. The highest BCUT2D eigenvalue weighted by Gasteiger charge is 2.52. The Labute approximate surface area is 148 Å². The van der Waals surface area contributed by atoms with Crippen LogP contribution in [0.3, 0.4) is 0 Å². The van der Waals surface area contributed by atoms with Crippen molar-refractivity contribution in [2.75, 3.05) is 7.11 Å². The van der Waals surface area contributed by atoms with Crippen LogP contribution < -0.4 is 4.74 Å². The van der Waals surface area contributed by atoms with Gasteiger partial charge >= 0.3 is 5.97 Å². The standard InChI is InChI=1S/C22H24O3/c1-25-20-10-8-17(22(11-12-22)21(23)24)14-19(20)18-9-7-16(18)13-15-5-3-2-4-6-15/h2-6,8,10,14,16,18H,7,9,11-13H2,1H3,(H,23,24). The van der Waals surface area contributed by atoms with Crippen LogP contribution in [0.4, 0.5) is 0 Å². The molecule has 0 aromatic heterocycles. The molecule has 0 bridgehead atoms. The molecule has 0 spiro atoms. The first-order valence-electron chi connectivity index (χ1n) is 9.10. The zero-order valence-electron chi connectivity index (χ0n) is 14.6. The number of carboxylic acids is 1. The number of ether oxygens (including phenoxy) is 1. The van der Waals surface area contributed by atoms with Crippen LogP contribution in [0.5, 0.6) is 5.75 Å². The second-order valence-electron chi connectivity index (χ2n) is 7.48. The van der Waals surface area contributed by atoms with Gasteiger partial charge in [-0.2, -0.15) is 0 Å². The highest BCUT2D eigenvalue weighted by atomic mass is 16.5. The molecule has 130 valence electrons. The lowest BCUT2D eigenvalue weighted by Gasteiger charge is -2.38. The van der Waals surface area contributed by atoms with Crippen LogP contribution in [0.25, 0.3) is 0 Å². The second-order valence-corrected chi connectivity index (χ2v) is 7.48. The van der Waals surface area contributed by atoms with Gasteiger partial charge in [-0.1, -0.05) is 42.5 Å². The number of benzene rings is 2. The van der Waals surface area contributed by atoms with E-state index in [-0.39, 0.29) is 0 Å². The average molecular weight is 336 g/mol. The minimum absolute atomic E-state index is 0.458. The number of methoxy groups -OCH3 is 1. The first kappa shape index (κ1) is 16.2. The molecule has 2 fully saturated rings. The highest BCUT2D eigenvalue weighted by Crippen LogP contribution is 2.52. The van der Waals surface area contributed by atoms with Crippen LogP contribution in [0.2, 0.25) is 0 Å². The number of aliphatic carboxylic acids is 1.